The minimum Gasteiger partial charge on any atom is -0.383 e. The van der Waals surface area contributed by atoms with Gasteiger partial charge in [-0.3, -0.25) is 0 Å². The van der Waals surface area contributed by atoms with Crippen molar-refractivity contribution < 1.29 is 13.2 Å². The summed E-state index contributed by atoms with van der Waals surface area (Å²) in [5.41, 5.74) is 0.460. The van der Waals surface area contributed by atoms with Crippen molar-refractivity contribution in [3.8, 4) is 0 Å². The molecule has 2 N–H and O–H groups in total. The molecule has 0 bridgehead atoms. The maximum Gasteiger partial charge on any atom is 0.416 e. The van der Waals surface area contributed by atoms with Gasteiger partial charge in [-0.25, -0.2) is 0 Å². The SMILES string of the molecule is FC(F)(F)c1cccc(NCCNc2ccc(Cl)cc2Cl)c1. The number of anilines is 2. The highest BCUT2D eigenvalue weighted by Gasteiger charge is 2.30. The largest absolute Gasteiger partial charge is 0.416 e. The lowest BCUT2D eigenvalue weighted by Gasteiger charge is -2.12. The maximum atomic E-state index is 12.6. The molecule has 0 spiro atoms. The van der Waals surface area contributed by atoms with Crippen molar-refractivity contribution in [1.29, 1.82) is 0 Å². The molecule has 0 atom stereocenters. The van der Waals surface area contributed by atoms with Gasteiger partial charge in [0.15, 0.2) is 0 Å². The first-order valence-corrected chi connectivity index (χ1v) is 7.22. The molecule has 2 rings (SSSR count). The van der Waals surface area contributed by atoms with Gasteiger partial charge < -0.3 is 10.6 Å². The van der Waals surface area contributed by atoms with Crippen molar-refractivity contribution in [1.82, 2.24) is 0 Å². The first-order chi connectivity index (χ1) is 10.4. The van der Waals surface area contributed by atoms with Gasteiger partial charge in [0, 0.05) is 23.8 Å². The number of nitrogens with one attached hydrogen (secondary N) is 2. The Labute approximate surface area is 136 Å². The van der Waals surface area contributed by atoms with Crippen LogP contribution >= 0.6 is 23.2 Å². The molecule has 118 valence electrons. The molecule has 0 aliphatic rings. The molecule has 0 aliphatic heterocycles. The zero-order valence-electron chi connectivity index (χ0n) is 11.3. The van der Waals surface area contributed by atoms with E-state index in [0.717, 1.165) is 17.8 Å². The second-order valence-electron chi connectivity index (χ2n) is 4.56. The highest BCUT2D eigenvalue weighted by Crippen LogP contribution is 2.30. The van der Waals surface area contributed by atoms with Crippen LogP contribution in [0, 0.1) is 0 Å². The molecule has 7 heteroatoms. The standard InChI is InChI=1S/C15H13Cl2F3N2/c16-11-4-5-14(13(17)9-11)22-7-6-21-12-3-1-2-10(8-12)15(18,19)20/h1-5,8-9,21-22H,6-7H2. The Hall–Kier alpha value is -1.59. The Bertz CT molecular complexity index is 645. The van der Waals surface area contributed by atoms with Crippen LogP contribution in [0.4, 0.5) is 24.5 Å². The number of rotatable bonds is 5. The fraction of sp³-hybridized carbons (Fsp3) is 0.200. The number of alkyl halides is 3. The third-order valence-corrected chi connectivity index (χ3v) is 3.44. The number of benzene rings is 2. The normalized spacial score (nSPS) is 11.3. The Morgan fingerprint density at radius 2 is 1.64 bits per heavy atom. The molecular weight excluding hydrogens is 336 g/mol. The van der Waals surface area contributed by atoms with Crippen LogP contribution in [0.3, 0.4) is 0 Å². The van der Waals surface area contributed by atoms with E-state index in [1.165, 1.54) is 6.07 Å². The summed E-state index contributed by atoms with van der Waals surface area (Å²) in [6, 6.07) is 10.1. The topological polar surface area (TPSA) is 24.1 Å². The van der Waals surface area contributed by atoms with E-state index in [-0.39, 0.29) is 0 Å². The summed E-state index contributed by atoms with van der Waals surface area (Å²) in [5, 5.41) is 7.04. The van der Waals surface area contributed by atoms with Crippen molar-refractivity contribution in [2.24, 2.45) is 0 Å². The van der Waals surface area contributed by atoms with Crippen LogP contribution in [0.25, 0.3) is 0 Å². The van der Waals surface area contributed by atoms with Crippen molar-refractivity contribution >= 4 is 34.6 Å². The third-order valence-electron chi connectivity index (χ3n) is 2.89. The highest BCUT2D eigenvalue weighted by molar-refractivity contribution is 6.36. The van der Waals surface area contributed by atoms with Crippen LogP contribution < -0.4 is 10.6 Å². The Morgan fingerprint density at radius 3 is 2.32 bits per heavy atom. The predicted molar refractivity (Wildman–Crippen MR) is 84.9 cm³/mol. The molecule has 0 saturated carbocycles. The van der Waals surface area contributed by atoms with Gasteiger partial charge in [0.05, 0.1) is 16.3 Å². The molecule has 0 saturated heterocycles. The summed E-state index contributed by atoms with van der Waals surface area (Å²) >= 11 is 11.8. The third kappa shape index (κ3) is 4.71. The van der Waals surface area contributed by atoms with E-state index in [4.69, 9.17) is 23.2 Å². The lowest BCUT2D eigenvalue weighted by atomic mass is 10.2. The molecule has 0 heterocycles. The molecule has 2 aromatic rings. The van der Waals surface area contributed by atoms with Crippen LogP contribution in [0.2, 0.25) is 10.0 Å². The van der Waals surface area contributed by atoms with E-state index in [1.807, 2.05) is 0 Å². The fourth-order valence-corrected chi connectivity index (χ4v) is 2.32. The lowest BCUT2D eigenvalue weighted by molar-refractivity contribution is -0.137. The number of hydrogen-bond donors (Lipinski definition) is 2. The summed E-state index contributed by atoms with van der Waals surface area (Å²) in [7, 11) is 0. The average Bonchev–Trinajstić information content (AvgIpc) is 2.45. The lowest BCUT2D eigenvalue weighted by Crippen LogP contribution is -2.14. The van der Waals surface area contributed by atoms with Gasteiger partial charge in [0.2, 0.25) is 0 Å². The predicted octanol–water partition coefficient (Wildman–Crippen LogP) is 5.54. The first kappa shape index (κ1) is 16.8. The molecular formula is C15H13Cl2F3N2. The molecule has 0 aromatic heterocycles. The Balaban J connectivity index is 1.86. The van der Waals surface area contributed by atoms with Crippen molar-refractivity contribution in [3.63, 3.8) is 0 Å². The molecule has 22 heavy (non-hydrogen) atoms. The Kier molecular flexibility index (Phi) is 5.42. The second-order valence-corrected chi connectivity index (χ2v) is 5.40. The number of halogens is 5. The van der Waals surface area contributed by atoms with Crippen molar-refractivity contribution in [3.05, 3.63) is 58.1 Å². The quantitative estimate of drug-likeness (QED) is 0.693. The van der Waals surface area contributed by atoms with Gasteiger partial charge in [0.1, 0.15) is 0 Å². The Morgan fingerprint density at radius 1 is 0.909 bits per heavy atom. The average molecular weight is 349 g/mol. The minimum atomic E-state index is -4.34. The highest BCUT2D eigenvalue weighted by atomic mass is 35.5. The molecule has 0 fully saturated rings. The van der Waals surface area contributed by atoms with Crippen LogP contribution in [0.1, 0.15) is 5.56 Å². The second kappa shape index (κ2) is 7.11. The van der Waals surface area contributed by atoms with Crippen LogP contribution in [-0.2, 0) is 6.18 Å². The van der Waals surface area contributed by atoms with E-state index in [0.29, 0.717) is 28.8 Å². The molecule has 0 radical (unpaired) electrons. The van der Waals surface area contributed by atoms with E-state index in [2.05, 4.69) is 10.6 Å². The zero-order chi connectivity index (χ0) is 16.2. The molecule has 2 aromatic carbocycles. The monoisotopic (exact) mass is 348 g/mol. The molecule has 2 nitrogen and oxygen atoms in total. The molecule has 0 aliphatic carbocycles. The zero-order valence-corrected chi connectivity index (χ0v) is 12.9. The van der Waals surface area contributed by atoms with Gasteiger partial charge in [0.25, 0.3) is 0 Å². The summed E-state index contributed by atoms with van der Waals surface area (Å²) in [6.07, 6.45) is -4.34. The van der Waals surface area contributed by atoms with E-state index in [1.54, 1.807) is 24.3 Å². The number of hydrogen-bond acceptors (Lipinski definition) is 2. The smallest absolute Gasteiger partial charge is 0.383 e. The van der Waals surface area contributed by atoms with E-state index in [9.17, 15) is 13.2 Å². The van der Waals surface area contributed by atoms with E-state index < -0.39 is 11.7 Å². The fourth-order valence-electron chi connectivity index (χ4n) is 1.84. The van der Waals surface area contributed by atoms with Crippen LogP contribution in [-0.4, -0.2) is 13.1 Å². The summed E-state index contributed by atoms with van der Waals surface area (Å²) in [6.45, 7) is 0.942. The van der Waals surface area contributed by atoms with Gasteiger partial charge in [-0.1, -0.05) is 29.3 Å². The maximum absolute atomic E-state index is 12.6. The summed E-state index contributed by atoms with van der Waals surface area (Å²) in [5.74, 6) is 0. The summed E-state index contributed by atoms with van der Waals surface area (Å²) in [4.78, 5) is 0. The van der Waals surface area contributed by atoms with Gasteiger partial charge in [-0.2, -0.15) is 13.2 Å². The van der Waals surface area contributed by atoms with Gasteiger partial charge >= 0.3 is 6.18 Å². The van der Waals surface area contributed by atoms with Crippen molar-refractivity contribution in [2.45, 2.75) is 6.18 Å². The van der Waals surface area contributed by atoms with Crippen LogP contribution in [0.15, 0.2) is 42.5 Å². The molecule has 0 amide bonds. The van der Waals surface area contributed by atoms with E-state index >= 15 is 0 Å². The first-order valence-electron chi connectivity index (χ1n) is 6.46. The van der Waals surface area contributed by atoms with Crippen molar-refractivity contribution in [2.75, 3.05) is 23.7 Å². The van der Waals surface area contributed by atoms with Gasteiger partial charge in [-0.15, -0.1) is 0 Å². The molecule has 0 unspecified atom stereocenters. The minimum absolute atomic E-state index is 0.416. The van der Waals surface area contributed by atoms with Crippen LogP contribution in [0.5, 0.6) is 0 Å². The van der Waals surface area contributed by atoms with Gasteiger partial charge in [-0.05, 0) is 36.4 Å². The summed E-state index contributed by atoms with van der Waals surface area (Å²) < 4.78 is 37.8.